The number of hydrogen-bond acceptors (Lipinski definition) is 5. The molecule has 0 unspecified atom stereocenters. The highest BCUT2D eigenvalue weighted by Gasteiger charge is 2.23. The fourth-order valence-electron chi connectivity index (χ4n) is 1.78. The Hall–Kier alpha value is -1.01. The molecule has 6 heteroatoms. The number of anilines is 1. The highest BCUT2D eigenvalue weighted by Crippen LogP contribution is 2.14. The van der Waals surface area contributed by atoms with Crippen molar-refractivity contribution in [2.24, 2.45) is 0 Å². The summed E-state index contributed by atoms with van der Waals surface area (Å²) in [7, 11) is 0. The van der Waals surface area contributed by atoms with Gasteiger partial charge in [0.1, 0.15) is 0 Å². The normalized spacial score (nSPS) is 18.9. The van der Waals surface area contributed by atoms with E-state index in [9.17, 15) is 4.79 Å². The van der Waals surface area contributed by atoms with Gasteiger partial charge in [0, 0.05) is 30.7 Å². The Labute approximate surface area is 105 Å². The van der Waals surface area contributed by atoms with Gasteiger partial charge in [0.15, 0.2) is 0 Å². The molecule has 1 amide bonds. The van der Waals surface area contributed by atoms with Crippen LogP contribution in [0.1, 0.15) is 12.6 Å². The fraction of sp³-hybridized carbons (Fsp3) is 0.636. The lowest BCUT2D eigenvalue weighted by Gasteiger charge is -2.30. The van der Waals surface area contributed by atoms with Crippen LogP contribution < -0.4 is 5.32 Å². The number of rotatable bonds is 3. The van der Waals surface area contributed by atoms with Crippen molar-refractivity contribution in [2.75, 3.05) is 29.9 Å². The first-order valence-corrected chi connectivity index (χ1v) is 6.88. The number of aryl methyl sites for hydroxylation is 1. The molecule has 1 aromatic heterocycles. The van der Waals surface area contributed by atoms with E-state index in [1.807, 2.05) is 25.6 Å². The fourth-order valence-corrected chi connectivity index (χ4v) is 2.71. The van der Waals surface area contributed by atoms with Gasteiger partial charge in [0.25, 0.3) is 0 Å². The van der Waals surface area contributed by atoms with Gasteiger partial charge in [-0.2, -0.15) is 11.8 Å². The summed E-state index contributed by atoms with van der Waals surface area (Å²) in [5.74, 6) is 2.58. The van der Waals surface area contributed by atoms with Gasteiger partial charge in [-0.25, -0.2) is 0 Å². The number of aromatic nitrogens is 1. The molecule has 2 rings (SSSR count). The summed E-state index contributed by atoms with van der Waals surface area (Å²) in [6, 6.07) is 1.60. The van der Waals surface area contributed by atoms with Crippen LogP contribution in [0.15, 0.2) is 10.6 Å². The van der Waals surface area contributed by atoms with Crippen molar-refractivity contribution in [3.8, 4) is 0 Å². The van der Waals surface area contributed by atoms with E-state index < -0.39 is 0 Å². The lowest BCUT2D eigenvalue weighted by atomic mass is 10.2. The van der Waals surface area contributed by atoms with Gasteiger partial charge < -0.3 is 4.52 Å². The summed E-state index contributed by atoms with van der Waals surface area (Å²) in [4.78, 5) is 14.2. The zero-order valence-electron chi connectivity index (χ0n) is 10.1. The van der Waals surface area contributed by atoms with Gasteiger partial charge in [0.05, 0.1) is 11.7 Å². The van der Waals surface area contributed by atoms with Crippen molar-refractivity contribution < 1.29 is 9.32 Å². The summed E-state index contributed by atoms with van der Waals surface area (Å²) in [6.45, 7) is 5.68. The van der Waals surface area contributed by atoms with Gasteiger partial charge in [-0.15, -0.1) is 0 Å². The maximum absolute atomic E-state index is 12.0. The van der Waals surface area contributed by atoms with E-state index in [0.717, 1.165) is 30.3 Å². The molecule has 0 radical (unpaired) electrons. The van der Waals surface area contributed by atoms with Crippen LogP contribution >= 0.6 is 11.8 Å². The number of hydrogen-bond donors (Lipinski definition) is 1. The number of carbonyl (C=O) groups excluding carboxylic acids is 1. The van der Waals surface area contributed by atoms with E-state index in [0.29, 0.717) is 5.88 Å². The van der Waals surface area contributed by atoms with Crippen LogP contribution in [0.25, 0.3) is 0 Å². The second-order valence-electron chi connectivity index (χ2n) is 4.15. The average Bonchev–Trinajstić information content (AvgIpc) is 2.75. The number of amides is 1. The van der Waals surface area contributed by atoms with Crippen molar-refractivity contribution in [2.45, 2.75) is 19.9 Å². The first-order chi connectivity index (χ1) is 8.16. The van der Waals surface area contributed by atoms with Gasteiger partial charge in [-0.3, -0.25) is 15.0 Å². The Morgan fingerprint density at radius 3 is 2.88 bits per heavy atom. The molecule has 1 aromatic rings. The predicted octanol–water partition coefficient (Wildman–Crippen LogP) is 1.36. The van der Waals surface area contributed by atoms with E-state index in [2.05, 4.69) is 15.4 Å². The van der Waals surface area contributed by atoms with E-state index in [1.165, 1.54) is 0 Å². The van der Waals surface area contributed by atoms with Crippen molar-refractivity contribution in [3.63, 3.8) is 0 Å². The SMILES string of the molecule is Cc1cc(NC(=O)[C@@H](C)N2CCSCC2)on1. The standard InChI is InChI=1S/C11H17N3O2S/c1-8-7-10(16-13-8)12-11(15)9(2)14-3-5-17-6-4-14/h7,9H,3-6H2,1-2H3,(H,12,15)/t9-/m1/s1. The molecule has 0 aliphatic carbocycles. The first-order valence-electron chi connectivity index (χ1n) is 5.73. The molecule has 1 aliphatic rings. The van der Waals surface area contributed by atoms with Gasteiger partial charge >= 0.3 is 0 Å². The smallest absolute Gasteiger partial charge is 0.243 e. The van der Waals surface area contributed by atoms with Gasteiger partial charge in [-0.1, -0.05) is 5.16 Å². The molecule has 0 aromatic carbocycles. The third kappa shape index (κ3) is 3.23. The van der Waals surface area contributed by atoms with Gasteiger partial charge in [-0.05, 0) is 13.8 Å². The second kappa shape index (κ2) is 5.55. The molecule has 0 saturated carbocycles. The van der Waals surface area contributed by atoms with E-state index >= 15 is 0 Å². The zero-order chi connectivity index (χ0) is 12.3. The number of nitrogens with one attached hydrogen (secondary N) is 1. The molecule has 17 heavy (non-hydrogen) atoms. The largest absolute Gasteiger partial charge is 0.338 e. The molecular formula is C11H17N3O2S. The monoisotopic (exact) mass is 255 g/mol. The van der Waals surface area contributed by atoms with Crippen LogP contribution in [0.3, 0.4) is 0 Å². The summed E-state index contributed by atoms with van der Waals surface area (Å²) in [6.07, 6.45) is 0. The molecule has 0 bridgehead atoms. The average molecular weight is 255 g/mol. The summed E-state index contributed by atoms with van der Waals surface area (Å²) in [5.41, 5.74) is 0.766. The quantitative estimate of drug-likeness (QED) is 0.883. The van der Waals surface area contributed by atoms with Crippen molar-refractivity contribution in [1.82, 2.24) is 10.1 Å². The van der Waals surface area contributed by atoms with Crippen LogP contribution in [0, 0.1) is 6.92 Å². The topological polar surface area (TPSA) is 58.4 Å². The summed E-state index contributed by atoms with van der Waals surface area (Å²) in [5, 5.41) is 6.48. The van der Waals surface area contributed by atoms with E-state index in [1.54, 1.807) is 6.07 Å². The molecule has 5 nitrogen and oxygen atoms in total. The Morgan fingerprint density at radius 1 is 1.59 bits per heavy atom. The Bertz CT molecular complexity index is 388. The lowest BCUT2D eigenvalue weighted by Crippen LogP contribution is -2.45. The molecule has 1 saturated heterocycles. The lowest BCUT2D eigenvalue weighted by molar-refractivity contribution is -0.120. The predicted molar refractivity (Wildman–Crippen MR) is 68.2 cm³/mol. The Morgan fingerprint density at radius 2 is 2.29 bits per heavy atom. The van der Waals surface area contributed by atoms with Crippen molar-refractivity contribution in [1.29, 1.82) is 0 Å². The van der Waals surface area contributed by atoms with Crippen LogP contribution in [-0.4, -0.2) is 46.6 Å². The van der Waals surface area contributed by atoms with E-state index in [4.69, 9.17) is 4.52 Å². The maximum atomic E-state index is 12.0. The van der Waals surface area contributed by atoms with Gasteiger partial charge in [0.2, 0.25) is 11.8 Å². The minimum Gasteiger partial charge on any atom is -0.338 e. The minimum atomic E-state index is -0.124. The Kier molecular flexibility index (Phi) is 4.06. The van der Waals surface area contributed by atoms with Crippen LogP contribution in [0.4, 0.5) is 5.88 Å². The van der Waals surface area contributed by atoms with Crippen LogP contribution in [0.2, 0.25) is 0 Å². The number of carbonyl (C=O) groups is 1. The third-order valence-corrected chi connectivity index (χ3v) is 3.79. The molecular weight excluding hydrogens is 238 g/mol. The third-order valence-electron chi connectivity index (χ3n) is 2.85. The second-order valence-corrected chi connectivity index (χ2v) is 5.37. The molecule has 1 N–H and O–H groups in total. The zero-order valence-corrected chi connectivity index (χ0v) is 10.9. The molecule has 1 aliphatic heterocycles. The summed E-state index contributed by atoms with van der Waals surface area (Å²) < 4.78 is 4.97. The molecule has 94 valence electrons. The maximum Gasteiger partial charge on any atom is 0.243 e. The first kappa shape index (κ1) is 12.4. The Balaban J connectivity index is 1.90. The van der Waals surface area contributed by atoms with Crippen LogP contribution in [-0.2, 0) is 4.79 Å². The molecule has 0 spiro atoms. The summed E-state index contributed by atoms with van der Waals surface area (Å²) >= 11 is 1.93. The minimum absolute atomic E-state index is 0.0342. The van der Waals surface area contributed by atoms with Crippen molar-refractivity contribution >= 4 is 23.6 Å². The molecule has 2 heterocycles. The number of nitrogens with zero attached hydrogens (tertiary/aromatic N) is 2. The van der Waals surface area contributed by atoms with Crippen LogP contribution in [0.5, 0.6) is 0 Å². The van der Waals surface area contributed by atoms with Crippen molar-refractivity contribution in [3.05, 3.63) is 11.8 Å². The highest BCUT2D eigenvalue weighted by atomic mass is 32.2. The highest BCUT2D eigenvalue weighted by molar-refractivity contribution is 7.99. The number of thioether (sulfide) groups is 1. The van der Waals surface area contributed by atoms with E-state index in [-0.39, 0.29) is 11.9 Å². The molecule has 1 atom stereocenters. The molecule has 1 fully saturated rings.